The number of carboxylic acids is 1. The fourth-order valence-electron chi connectivity index (χ4n) is 2.96. The van der Waals surface area contributed by atoms with Gasteiger partial charge >= 0.3 is 5.97 Å². The van der Waals surface area contributed by atoms with Gasteiger partial charge in [0.25, 0.3) is 0 Å². The van der Waals surface area contributed by atoms with Crippen molar-refractivity contribution in [2.75, 3.05) is 0 Å². The lowest BCUT2D eigenvalue weighted by molar-refractivity contribution is -0.136. The maximum atomic E-state index is 11.9. The predicted molar refractivity (Wildman–Crippen MR) is 102 cm³/mol. The summed E-state index contributed by atoms with van der Waals surface area (Å²) in [5.74, 6) is -0.866. The predicted octanol–water partition coefficient (Wildman–Crippen LogP) is 5.31. The second-order valence-electron chi connectivity index (χ2n) is 5.73. The van der Waals surface area contributed by atoms with Crippen LogP contribution in [0, 0.1) is 0 Å². The summed E-state index contributed by atoms with van der Waals surface area (Å²) in [5.41, 5.74) is 1.64. The third kappa shape index (κ3) is 2.96. The molecule has 0 radical (unpaired) electrons. The molecular formula is C21H15NO2S. The van der Waals surface area contributed by atoms with Crippen LogP contribution in [0.3, 0.4) is 0 Å². The van der Waals surface area contributed by atoms with E-state index in [-0.39, 0.29) is 0 Å². The van der Waals surface area contributed by atoms with Crippen LogP contribution in [0.4, 0.5) is 0 Å². The van der Waals surface area contributed by atoms with Gasteiger partial charge in [0.05, 0.1) is 5.52 Å². The average Bonchev–Trinajstić information content (AvgIpc) is 2.66. The highest BCUT2D eigenvalue weighted by molar-refractivity contribution is 8.00. The molecule has 25 heavy (non-hydrogen) atoms. The number of hydrogen-bond donors (Lipinski definition) is 1. The lowest BCUT2D eigenvalue weighted by Gasteiger charge is -2.14. The quantitative estimate of drug-likeness (QED) is 0.402. The number of benzene rings is 3. The first-order valence-corrected chi connectivity index (χ1v) is 8.84. The average molecular weight is 345 g/mol. The standard InChI is InChI=1S/C21H15NO2S/c23-21(24)19(14-8-2-1-3-9-14)25-20-17-12-5-4-10-15(17)16-11-6-7-13-18(16)22-20/h1-13,19H,(H,23,24)/t19-/m0/s1. The summed E-state index contributed by atoms with van der Waals surface area (Å²) >= 11 is 1.28. The molecule has 0 aliphatic carbocycles. The van der Waals surface area contributed by atoms with E-state index in [1.165, 1.54) is 11.8 Å². The molecule has 0 bridgehead atoms. The smallest absolute Gasteiger partial charge is 0.321 e. The second kappa shape index (κ2) is 6.57. The van der Waals surface area contributed by atoms with Crippen LogP contribution in [0.25, 0.3) is 21.7 Å². The van der Waals surface area contributed by atoms with Crippen molar-refractivity contribution in [3.63, 3.8) is 0 Å². The Balaban J connectivity index is 1.89. The molecule has 0 saturated carbocycles. The number of fused-ring (bicyclic) bond motifs is 3. The normalized spacial score (nSPS) is 12.3. The Morgan fingerprint density at radius 3 is 2.12 bits per heavy atom. The monoisotopic (exact) mass is 345 g/mol. The fourth-order valence-corrected chi connectivity index (χ4v) is 4.04. The minimum atomic E-state index is -0.866. The molecule has 0 aliphatic heterocycles. The maximum absolute atomic E-state index is 11.9. The van der Waals surface area contributed by atoms with E-state index in [0.717, 1.165) is 32.3 Å². The fraction of sp³-hybridized carbons (Fsp3) is 0.0476. The van der Waals surface area contributed by atoms with Crippen molar-refractivity contribution >= 4 is 39.4 Å². The van der Waals surface area contributed by atoms with E-state index in [9.17, 15) is 9.90 Å². The van der Waals surface area contributed by atoms with E-state index in [1.807, 2.05) is 72.8 Å². The number of pyridine rings is 1. The van der Waals surface area contributed by atoms with Crippen LogP contribution in [0.15, 0.2) is 83.9 Å². The van der Waals surface area contributed by atoms with Crippen molar-refractivity contribution in [2.24, 2.45) is 0 Å². The summed E-state index contributed by atoms with van der Waals surface area (Å²) < 4.78 is 0. The topological polar surface area (TPSA) is 50.2 Å². The molecular weight excluding hydrogens is 330 g/mol. The van der Waals surface area contributed by atoms with Gasteiger partial charge in [-0.1, -0.05) is 84.6 Å². The third-order valence-corrected chi connectivity index (χ3v) is 5.37. The zero-order chi connectivity index (χ0) is 17.2. The highest BCUT2D eigenvalue weighted by Gasteiger charge is 2.23. The summed E-state index contributed by atoms with van der Waals surface area (Å²) in [6.07, 6.45) is 0. The van der Waals surface area contributed by atoms with Gasteiger partial charge in [-0.15, -0.1) is 0 Å². The Bertz CT molecular complexity index is 1060. The first kappa shape index (κ1) is 15.7. The maximum Gasteiger partial charge on any atom is 0.321 e. The van der Waals surface area contributed by atoms with Crippen molar-refractivity contribution in [2.45, 2.75) is 10.3 Å². The van der Waals surface area contributed by atoms with Crippen LogP contribution in [0.2, 0.25) is 0 Å². The molecule has 122 valence electrons. The largest absolute Gasteiger partial charge is 0.480 e. The molecule has 4 rings (SSSR count). The summed E-state index contributed by atoms with van der Waals surface area (Å²) in [6, 6.07) is 25.3. The highest BCUT2D eigenvalue weighted by Crippen LogP contribution is 2.39. The third-order valence-electron chi connectivity index (χ3n) is 4.13. The van der Waals surface area contributed by atoms with Crippen molar-refractivity contribution < 1.29 is 9.90 Å². The Morgan fingerprint density at radius 1 is 0.800 bits per heavy atom. The number of carboxylic acid groups (broad SMARTS) is 1. The number of thioether (sulfide) groups is 1. The van der Waals surface area contributed by atoms with Crippen molar-refractivity contribution in [3.8, 4) is 0 Å². The van der Waals surface area contributed by atoms with Gasteiger partial charge in [0, 0.05) is 10.8 Å². The van der Waals surface area contributed by atoms with Gasteiger partial charge in [-0.25, -0.2) is 4.98 Å². The van der Waals surface area contributed by atoms with E-state index in [4.69, 9.17) is 4.98 Å². The van der Waals surface area contributed by atoms with Gasteiger partial charge in [0.15, 0.2) is 0 Å². The molecule has 4 aromatic rings. The van der Waals surface area contributed by atoms with Crippen molar-refractivity contribution in [3.05, 3.63) is 84.4 Å². The molecule has 0 spiro atoms. The molecule has 0 aliphatic rings. The summed E-state index contributed by atoms with van der Waals surface area (Å²) in [6.45, 7) is 0. The number of carbonyl (C=O) groups is 1. The molecule has 1 heterocycles. The van der Waals surface area contributed by atoms with Gasteiger partial charge < -0.3 is 5.11 Å². The number of rotatable bonds is 4. The number of aliphatic carboxylic acids is 1. The van der Waals surface area contributed by atoms with E-state index in [1.54, 1.807) is 0 Å². The zero-order valence-corrected chi connectivity index (χ0v) is 14.1. The zero-order valence-electron chi connectivity index (χ0n) is 13.3. The highest BCUT2D eigenvalue weighted by atomic mass is 32.2. The lowest BCUT2D eigenvalue weighted by atomic mass is 10.1. The molecule has 3 nitrogen and oxygen atoms in total. The molecule has 0 fully saturated rings. The molecule has 0 saturated heterocycles. The van der Waals surface area contributed by atoms with E-state index in [2.05, 4.69) is 6.07 Å². The van der Waals surface area contributed by atoms with E-state index in [0.29, 0.717) is 0 Å². The van der Waals surface area contributed by atoms with Gasteiger partial charge in [-0.2, -0.15) is 0 Å². The Kier molecular flexibility index (Phi) is 4.12. The van der Waals surface area contributed by atoms with Gasteiger partial charge in [-0.3, -0.25) is 4.79 Å². The number of nitrogens with zero attached hydrogens (tertiary/aromatic N) is 1. The number of hydrogen-bond acceptors (Lipinski definition) is 3. The van der Waals surface area contributed by atoms with Crippen LogP contribution >= 0.6 is 11.8 Å². The lowest BCUT2D eigenvalue weighted by Crippen LogP contribution is -2.08. The number of aromatic nitrogens is 1. The van der Waals surface area contributed by atoms with Gasteiger partial charge in [0.1, 0.15) is 10.3 Å². The molecule has 0 amide bonds. The molecule has 1 aromatic heterocycles. The Labute approximate surface area is 149 Å². The van der Waals surface area contributed by atoms with Crippen LogP contribution in [0.5, 0.6) is 0 Å². The van der Waals surface area contributed by atoms with Crippen molar-refractivity contribution in [1.29, 1.82) is 0 Å². The molecule has 0 unspecified atom stereocenters. The number of para-hydroxylation sites is 1. The molecule has 1 atom stereocenters. The second-order valence-corrected chi connectivity index (χ2v) is 6.82. The first-order chi connectivity index (χ1) is 12.2. The summed E-state index contributed by atoms with van der Waals surface area (Å²) in [7, 11) is 0. The van der Waals surface area contributed by atoms with Crippen LogP contribution in [-0.2, 0) is 4.79 Å². The summed E-state index contributed by atoms with van der Waals surface area (Å²) in [4.78, 5) is 16.6. The Morgan fingerprint density at radius 2 is 1.40 bits per heavy atom. The van der Waals surface area contributed by atoms with Gasteiger partial charge in [0.2, 0.25) is 0 Å². The summed E-state index contributed by atoms with van der Waals surface area (Å²) in [5, 5.41) is 12.9. The SMILES string of the molecule is O=C(O)[C@@H](Sc1nc2ccccc2c2ccccc12)c1ccccc1. The van der Waals surface area contributed by atoms with E-state index >= 15 is 0 Å². The van der Waals surface area contributed by atoms with Crippen LogP contribution in [0.1, 0.15) is 10.8 Å². The van der Waals surface area contributed by atoms with Gasteiger partial charge in [-0.05, 0) is 17.0 Å². The minimum Gasteiger partial charge on any atom is -0.480 e. The van der Waals surface area contributed by atoms with Crippen molar-refractivity contribution in [1.82, 2.24) is 4.98 Å². The molecule has 4 heteroatoms. The first-order valence-electron chi connectivity index (χ1n) is 7.96. The molecule has 1 N–H and O–H groups in total. The van der Waals surface area contributed by atoms with E-state index < -0.39 is 11.2 Å². The molecule has 3 aromatic carbocycles. The van der Waals surface area contributed by atoms with Crippen LogP contribution in [-0.4, -0.2) is 16.1 Å². The van der Waals surface area contributed by atoms with Crippen LogP contribution < -0.4 is 0 Å². The minimum absolute atomic E-state index is 0.696. The Hall–Kier alpha value is -2.85.